The molecule has 0 saturated heterocycles. The molecule has 0 radical (unpaired) electrons. The van der Waals surface area contributed by atoms with Crippen LogP contribution in [0.5, 0.6) is 0 Å². The third-order valence-corrected chi connectivity index (χ3v) is 2.62. The lowest BCUT2D eigenvalue weighted by atomic mass is 10.3. The monoisotopic (exact) mass is 253 g/mol. The van der Waals surface area contributed by atoms with Gasteiger partial charge in [-0.2, -0.15) is 5.21 Å². The maximum atomic E-state index is 6.02. The van der Waals surface area contributed by atoms with E-state index in [9.17, 15) is 0 Å². The fourth-order valence-electron chi connectivity index (χ4n) is 1.28. The summed E-state index contributed by atoms with van der Waals surface area (Å²) >= 11 is 6.02. The van der Waals surface area contributed by atoms with E-state index in [0.717, 1.165) is 12.0 Å². The van der Waals surface area contributed by atoms with E-state index in [1.807, 2.05) is 13.8 Å². The van der Waals surface area contributed by atoms with Crippen LogP contribution in [-0.2, 0) is 13.0 Å². The first kappa shape index (κ1) is 11.7. The number of H-pyrrole nitrogens is 1. The second kappa shape index (κ2) is 5.05. The Morgan fingerprint density at radius 1 is 1.29 bits per heavy atom. The van der Waals surface area contributed by atoms with Gasteiger partial charge >= 0.3 is 0 Å². The third-order valence-electron chi connectivity index (χ3n) is 2.25. The summed E-state index contributed by atoms with van der Waals surface area (Å²) < 4.78 is 0. The average Bonchev–Trinajstić information content (AvgIpc) is 2.84. The summed E-state index contributed by atoms with van der Waals surface area (Å²) in [4.78, 5) is 8.52. The Balaban J connectivity index is 2.17. The maximum Gasteiger partial charge on any atom is 0.193 e. The van der Waals surface area contributed by atoms with Gasteiger partial charge in [-0.25, -0.2) is 9.97 Å². The molecule has 0 aliphatic heterocycles. The summed E-state index contributed by atoms with van der Waals surface area (Å²) in [5, 5.41) is 17.1. The van der Waals surface area contributed by atoms with Crippen molar-refractivity contribution in [1.82, 2.24) is 30.6 Å². The first-order valence-electron chi connectivity index (χ1n) is 5.20. The highest BCUT2D eigenvalue weighted by Gasteiger charge is 2.09. The van der Waals surface area contributed by atoms with Crippen molar-refractivity contribution in [2.45, 2.75) is 26.8 Å². The fourth-order valence-corrected chi connectivity index (χ4v) is 1.47. The molecule has 8 heteroatoms. The van der Waals surface area contributed by atoms with Gasteiger partial charge in [0.1, 0.15) is 16.8 Å². The molecule has 17 heavy (non-hydrogen) atoms. The lowest BCUT2D eigenvalue weighted by Gasteiger charge is -2.09. The van der Waals surface area contributed by atoms with Crippen LogP contribution in [0.25, 0.3) is 0 Å². The molecule has 2 aromatic heterocycles. The zero-order valence-corrected chi connectivity index (χ0v) is 10.3. The van der Waals surface area contributed by atoms with Crippen molar-refractivity contribution in [3.8, 4) is 0 Å². The van der Waals surface area contributed by atoms with E-state index < -0.39 is 0 Å². The minimum atomic E-state index is 0.438. The van der Waals surface area contributed by atoms with Crippen LogP contribution >= 0.6 is 11.6 Å². The molecule has 0 aliphatic rings. The van der Waals surface area contributed by atoms with E-state index >= 15 is 0 Å². The Labute approximate surface area is 103 Å². The summed E-state index contributed by atoms with van der Waals surface area (Å²) in [6.45, 7) is 4.28. The van der Waals surface area contributed by atoms with Crippen LogP contribution in [0.3, 0.4) is 0 Å². The minimum absolute atomic E-state index is 0.438. The standard InChI is InChI=1S/C9H12ClN7/c1-3-6-12-8(10)5(2)9(13-6)11-4-7-14-16-17-15-7/h3-4H2,1-2H3,(H,11,12,13)(H,14,15,16,17). The molecule has 90 valence electrons. The summed E-state index contributed by atoms with van der Waals surface area (Å²) in [7, 11) is 0. The number of nitrogens with zero attached hydrogens (tertiary/aromatic N) is 5. The largest absolute Gasteiger partial charge is 0.362 e. The zero-order chi connectivity index (χ0) is 12.3. The molecule has 0 aromatic carbocycles. The van der Waals surface area contributed by atoms with Gasteiger partial charge in [0.15, 0.2) is 5.82 Å². The number of anilines is 1. The Hall–Kier alpha value is -1.76. The fraction of sp³-hybridized carbons (Fsp3) is 0.444. The van der Waals surface area contributed by atoms with Gasteiger partial charge in [0, 0.05) is 12.0 Å². The summed E-state index contributed by atoms with van der Waals surface area (Å²) in [5.74, 6) is 1.97. The van der Waals surface area contributed by atoms with Crippen molar-refractivity contribution in [1.29, 1.82) is 0 Å². The normalized spacial score (nSPS) is 10.5. The number of hydrogen-bond donors (Lipinski definition) is 2. The molecule has 0 fully saturated rings. The van der Waals surface area contributed by atoms with Gasteiger partial charge in [0.25, 0.3) is 0 Å². The van der Waals surface area contributed by atoms with Gasteiger partial charge < -0.3 is 5.32 Å². The molecule has 2 rings (SSSR count). The van der Waals surface area contributed by atoms with E-state index in [1.165, 1.54) is 0 Å². The highest BCUT2D eigenvalue weighted by atomic mass is 35.5. The molecule has 0 bridgehead atoms. The molecule has 0 spiro atoms. The van der Waals surface area contributed by atoms with Crippen molar-refractivity contribution in [2.24, 2.45) is 0 Å². The number of hydrogen-bond acceptors (Lipinski definition) is 6. The predicted octanol–water partition coefficient (Wildman–Crippen LogP) is 1.13. The van der Waals surface area contributed by atoms with Crippen LogP contribution in [0.4, 0.5) is 5.82 Å². The number of rotatable bonds is 4. The van der Waals surface area contributed by atoms with Crippen LogP contribution in [0.1, 0.15) is 24.1 Å². The van der Waals surface area contributed by atoms with Gasteiger partial charge in [0.2, 0.25) is 0 Å². The lowest BCUT2D eigenvalue weighted by molar-refractivity contribution is 0.881. The van der Waals surface area contributed by atoms with Crippen LogP contribution in [0.15, 0.2) is 0 Å². The van der Waals surface area contributed by atoms with E-state index in [-0.39, 0.29) is 0 Å². The summed E-state index contributed by atoms with van der Waals surface area (Å²) in [6, 6.07) is 0. The molecule has 0 saturated carbocycles. The quantitative estimate of drug-likeness (QED) is 0.794. The Kier molecular flexibility index (Phi) is 3.48. The van der Waals surface area contributed by atoms with Crippen molar-refractivity contribution in [2.75, 3.05) is 5.32 Å². The van der Waals surface area contributed by atoms with Crippen LogP contribution < -0.4 is 5.32 Å². The molecule has 2 aromatic rings. The number of aryl methyl sites for hydroxylation is 1. The van der Waals surface area contributed by atoms with Crippen molar-refractivity contribution in [3.05, 3.63) is 22.4 Å². The lowest BCUT2D eigenvalue weighted by Crippen LogP contribution is -2.08. The van der Waals surface area contributed by atoms with Crippen molar-refractivity contribution < 1.29 is 0 Å². The number of tetrazole rings is 1. The van der Waals surface area contributed by atoms with Crippen molar-refractivity contribution in [3.63, 3.8) is 0 Å². The topological polar surface area (TPSA) is 92.3 Å². The van der Waals surface area contributed by atoms with Gasteiger partial charge in [0.05, 0.1) is 6.54 Å². The van der Waals surface area contributed by atoms with E-state index in [0.29, 0.717) is 29.2 Å². The van der Waals surface area contributed by atoms with E-state index in [1.54, 1.807) is 0 Å². The smallest absolute Gasteiger partial charge is 0.193 e. The van der Waals surface area contributed by atoms with E-state index in [2.05, 4.69) is 35.9 Å². The first-order valence-corrected chi connectivity index (χ1v) is 5.57. The molecule has 0 unspecified atom stereocenters. The summed E-state index contributed by atoms with van der Waals surface area (Å²) in [6.07, 6.45) is 0.733. The Bertz CT molecular complexity index is 496. The first-order chi connectivity index (χ1) is 8.20. The van der Waals surface area contributed by atoms with Gasteiger partial charge in [-0.1, -0.05) is 23.7 Å². The van der Waals surface area contributed by atoms with Gasteiger partial charge in [-0.3, -0.25) is 0 Å². The maximum absolute atomic E-state index is 6.02. The Morgan fingerprint density at radius 2 is 2.12 bits per heavy atom. The number of aromatic amines is 1. The van der Waals surface area contributed by atoms with Crippen LogP contribution in [0.2, 0.25) is 5.15 Å². The highest BCUT2D eigenvalue weighted by molar-refractivity contribution is 6.30. The molecular formula is C9H12ClN7. The molecule has 0 atom stereocenters. The molecule has 0 amide bonds. The van der Waals surface area contributed by atoms with Crippen molar-refractivity contribution >= 4 is 17.4 Å². The molecule has 7 nitrogen and oxygen atoms in total. The number of halogens is 1. The second-order valence-corrected chi connectivity index (χ2v) is 3.80. The second-order valence-electron chi connectivity index (χ2n) is 3.44. The number of nitrogens with one attached hydrogen (secondary N) is 2. The molecule has 2 heterocycles. The van der Waals surface area contributed by atoms with Gasteiger partial charge in [-0.05, 0) is 6.92 Å². The SMILES string of the molecule is CCc1nc(Cl)c(C)c(NCc2nn[nH]n2)n1. The number of aromatic nitrogens is 6. The third kappa shape index (κ3) is 2.68. The van der Waals surface area contributed by atoms with Crippen LogP contribution in [-0.4, -0.2) is 30.6 Å². The van der Waals surface area contributed by atoms with Gasteiger partial charge in [-0.15, -0.1) is 10.2 Å². The van der Waals surface area contributed by atoms with Crippen LogP contribution in [0, 0.1) is 6.92 Å². The Morgan fingerprint density at radius 3 is 2.76 bits per heavy atom. The predicted molar refractivity (Wildman–Crippen MR) is 62.7 cm³/mol. The zero-order valence-electron chi connectivity index (χ0n) is 9.53. The summed E-state index contributed by atoms with van der Waals surface area (Å²) in [5.41, 5.74) is 0.812. The molecular weight excluding hydrogens is 242 g/mol. The van der Waals surface area contributed by atoms with E-state index in [4.69, 9.17) is 11.6 Å². The minimum Gasteiger partial charge on any atom is -0.362 e. The molecule has 2 N–H and O–H groups in total. The average molecular weight is 254 g/mol. The highest BCUT2D eigenvalue weighted by Crippen LogP contribution is 2.20. The molecule has 0 aliphatic carbocycles.